The zero-order valence-corrected chi connectivity index (χ0v) is 9.70. The summed E-state index contributed by atoms with van der Waals surface area (Å²) < 4.78 is 5.03. The summed E-state index contributed by atoms with van der Waals surface area (Å²) in [5.74, 6) is 0.402. The first kappa shape index (κ1) is 12.4. The fraction of sp³-hybridized carbons (Fsp3) is 0.909. The maximum absolute atomic E-state index is 9.13. The highest BCUT2D eigenvalue weighted by Crippen LogP contribution is 2.38. The lowest BCUT2D eigenvalue weighted by atomic mass is 9.96. The SMILES string of the molecule is CCN(CCOC)CC(N)(C#N)C1CC1. The number of nitrogens with two attached hydrogens (primary N) is 1. The molecule has 1 unspecified atom stereocenters. The normalized spacial score (nSPS) is 19.9. The van der Waals surface area contributed by atoms with Crippen molar-refractivity contribution >= 4 is 0 Å². The van der Waals surface area contributed by atoms with Crippen LogP contribution >= 0.6 is 0 Å². The minimum absolute atomic E-state index is 0.402. The van der Waals surface area contributed by atoms with Crippen LogP contribution < -0.4 is 5.73 Å². The van der Waals surface area contributed by atoms with Gasteiger partial charge in [-0.25, -0.2) is 0 Å². The van der Waals surface area contributed by atoms with Crippen molar-refractivity contribution in [2.75, 3.05) is 33.4 Å². The molecule has 0 heterocycles. The van der Waals surface area contributed by atoms with E-state index in [0.717, 1.165) is 25.9 Å². The third kappa shape index (κ3) is 3.45. The number of methoxy groups -OCH3 is 1. The van der Waals surface area contributed by atoms with Gasteiger partial charge >= 0.3 is 0 Å². The van der Waals surface area contributed by atoms with Gasteiger partial charge in [0.2, 0.25) is 0 Å². The van der Waals surface area contributed by atoms with Gasteiger partial charge in [-0.05, 0) is 25.3 Å². The number of nitriles is 1. The van der Waals surface area contributed by atoms with Gasteiger partial charge in [0.05, 0.1) is 12.7 Å². The van der Waals surface area contributed by atoms with Crippen molar-refractivity contribution < 1.29 is 4.74 Å². The summed E-state index contributed by atoms with van der Waals surface area (Å²) in [6.45, 7) is 5.20. The van der Waals surface area contributed by atoms with Crippen LogP contribution in [-0.2, 0) is 4.74 Å². The molecule has 0 saturated heterocycles. The number of nitrogens with zero attached hydrogens (tertiary/aromatic N) is 2. The number of ether oxygens (including phenoxy) is 1. The Morgan fingerprint density at radius 1 is 1.60 bits per heavy atom. The van der Waals surface area contributed by atoms with Crippen molar-refractivity contribution in [2.24, 2.45) is 11.7 Å². The first-order chi connectivity index (χ1) is 7.16. The van der Waals surface area contributed by atoms with Gasteiger partial charge in [-0.15, -0.1) is 0 Å². The molecular weight excluding hydrogens is 190 g/mol. The molecule has 0 radical (unpaired) electrons. The molecule has 0 aromatic carbocycles. The standard InChI is InChI=1S/C11H21N3O/c1-3-14(6-7-15-2)9-11(13,8-12)10-4-5-10/h10H,3-7,9,13H2,1-2H3. The number of likely N-dealkylation sites (N-methyl/N-ethyl adjacent to an activating group) is 1. The average Bonchev–Trinajstić information content (AvgIpc) is 3.07. The van der Waals surface area contributed by atoms with Gasteiger partial charge < -0.3 is 10.5 Å². The van der Waals surface area contributed by atoms with Crippen LogP contribution in [0.5, 0.6) is 0 Å². The van der Waals surface area contributed by atoms with Crippen molar-refractivity contribution in [3.63, 3.8) is 0 Å². The van der Waals surface area contributed by atoms with Gasteiger partial charge in [-0.1, -0.05) is 6.92 Å². The molecule has 2 N–H and O–H groups in total. The molecule has 0 amide bonds. The molecule has 4 heteroatoms. The minimum atomic E-state index is -0.649. The first-order valence-corrected chi connectivity index (χ1v) is 5.57. The van der Waals surface area contributed by atoms with Crippen LogP contribution in [0.2, 0.25) is 0 Å². The third-order valence-corrected chi connectivity index (χ3v) is 3.06. The van der Waals surface area contributed by atoms with Crippen LogP contribution in [0.1, 0.15) is 19.8 Å². The van der Waals surface area contributed by atoms with Crippen LogP contribution in [0.3, 0.4) is 0 Å². The lowest BCUT2D eigenvalue weighted by molar-refractivity contribution is 0.138. The third-order valence-electron chi connectivity index (χ3n) is 3.06. The van der Waals surface area contributed by atoms with E-state index >= 15 is 0 Å². The summed E-state index contributed by atoms with van der Waals surface area (Å²) in [6.07, 6.45) is 2.21. The largest absolute Gasteiger partial charge is 0.383 e. The zero-order valence-electron chi connectivity index (χ0n) is 9.70. The molecule has 1 aliphatic rings. The van der Waals surface area contributed by atoms with Crippen LogP contribution in [0, 0.1) is 17.2 Å². The maximum atomic E-state index is 9.13. The van der Waals surface area contributed by atoms with Gasteiger partial charge in [0.1, 0.15) is 5.54 Å². The second-order valence-corrected chi connectivity index (χ2v) is 4.29. The van der Waals surface area contributed by atoms with E-state index in [1.807, 2.05) is 0 Å². The Labute approximate surface area is 92.0 Å². The van der Waals surface area contributed by atoms with Gasteiger partial charge in [0.25, 0.3) is 0 Å². The van der Waals surface area contributed by atoms with Gasteiger partial charge in [0, 0.05) is 20.2 Å². The predicted octanol–water partition coefficient (Wildman–Crippen LogP) is 0.586. The quantitative estimate of drug-likeness (QED) is 0.669. The van der Waals surface area contributed by atoms with Crippen LogP contribution in [0.4, 0.5) is 0 Å². The lowest BCUT2D eigenvalue weighted by Crippen LogP contribution is -2.51. The smallest absolute Gasteiger partial charge is 0.119 e. The van der Waals surface area contributed by atoms with Gasteiger partial charge in [-0.2, -0.15) is 5.26 Å². The monoisotopic (exact) mass is 211 g/mol. The Hall–Kier alpha value is -0.630. The lowest BCUT2D eigenvalue weighted by Gasteiger charge is -2.29. The van der Waals surface area contributed by atoms with Crippen molar-refractivity contribution in [1.29, 1.82) is 5.26 Å². The van der Waals surface area contributed by atoms with Crippen molar-refractivity contribution in [1.82, 2.24) is 4.90 Å². The molecule has 1 fully saturated rings. The van der Waals surface area contributed by atoms with E-state index in [-0.39, 0.29) is 0 Å². The number of hydrogen-bond donors (Lipinski definition) is 1. The molecular formula is C11H21N3O. The molecule has 0 bridgehead atoms. The summed E-state index contributed by atoms with van der Waals surface area (Å²) in [4.78, 5) is 2.19. The summed E-state index contributed by atoms with van der Waals surface area (Å²) in [5, 5.41) is 9.13. The first-order valence-electron chi connectivity index (χ1n) is 5.57. The summed E-state index contributed by atoms with van der Waals surface area (Å²) in [7, 11) is 1.69. The molecule has 0 aromatic heterocycles. The van der Waals surface area contributed by atoms with E-state index < -0.39 is 5.54 Å². The Bertz CT molecular complexity index is 234. The van der Waals surface area contributed by atoms with E-state index in [1.165, 1.54) is 0 Å². The molecule has 86 valence electrons. The Morgan fingerprint density at radius 3 is 2.67 bits per heavy atom. The predicted molar refractivity (Wildman–Crippen MR) is 59.2 cm³/mol. The number of hydrogen-bond acceptors (Lipinski definition) is 4. The van der Waals surface area contributed by atoms with Gasteiger partial charge in [0.15, 0.2) is 0 Å². The Morgan fingerprint density at radius 2 is 2.27 bits per heavy atom. The highest BCUT2D eigenvalue weighted by molar-refractivity contribution is 5.14. The molecule has 1 rings (SSSR count). The number of rotatable bonds is 7. The summed E-state index contributed by atoms with van der Waals surface area (Å²) >= 11 is 0. The van der Waals surface area contributed by atoms with Crippen molar-refractivity contribution in [3.8, 4) is 6.07 Å². The fourth-order valence-electron chi connectivity index (χ4n) is 1.79. The average molecular weight is 211 g/mol. The van der Waals surface area contributed by atoms with Crippen LogP contribution in [-0.4, -0.2) is 43.8 Å². The molecule has 0 spiro atoms. The second kappa shape index (κ2) is 5.45. The van der Waals surface area contributed by atoms with Crippen LogP contribution in [0.15, 0.2) is 0 Å². The van der Waals surface area contributed by atoms with E-state index in [1.54, 1.807) is 7.11 Å². The van der Waals surface area contributed by atoms with E-state index in [4.69, 9.17) is 15.7 Å². The van der Waals surface area contributed by atoms with Crippen molar-refractivity contribution in [3.05, 3.63) is 0 Å². The minimum Gasteiger partial charge on any atom is -0.383 e. The molecule has 1 saturated carbocycles. The molecule has 0 aromatic rings. The van der Waals surface area contributed by atoms with E-state index in [2.05, 4.69) is 17.9 Å². The fourth-order valence-corrected chi connectivity index (χ4v) is 1.79. The van der Waals surface area contributed by atoms with E-state index in [0.29, 0.717) is 19.1 Å². The highest BCUT2D eigenvalue weighted by atomic mass is 16.5. The molecule has 4 nitrogen and oxygen atoms in total. The summed E-state index contributed by atoms with van der Waals surface area (Å²) in [5.41, 5.74) is 5.46. The molecule has 1 atom stereocenters. The molecule has 15 heavy (non-hydrogen) atoms. The Kier molecular flexibility index (Phi) is 4.52. The van der Waals surface area contributed by atoms with Crippen LogP contribution in [0.25, 0.3) is 0 Å². The summed E-state index contributed by atoms with van der Waals surface area (Å²) in [6, 6.07) is 2.28. The van der Waals surface area contributed by atoms with Crippen molar-refractivity contribution in [2.45, 2.75) is 25.3 Å². The molecule has 1 aliphatic carbocycles. The maximum Gasteiger partial charge on any atom is 0.119 e. The zero-order chi connectivity index (χ0) is 11.3. The second-order valence-electron chi connectivity index (χ2n) is 4.29. The van der Waals surface area contributed by atoms with E-state index in [9.17, 15) is 0 Å². The van der Waals surface area contributed by atoms with Gasteiger partial charge in [-0.3, -0.25) is 4.90 Å². The Balaban J connectivity index is 2.44. The highest BCUT2D eigenvalue weighted by Gasteiger charge is 2.43. The topological polar surface area (TPSA) is 62.3 Å². The molecule has 0 aliphatic heterocycles.